The molecule has 0 aliphatic heterocycles. The standard InChI is InChI=1S/C29H26N2O5S2/c1-2-35-29(34)27-24(20-10-5-3-6-11-20)18-38-28(27)31-26(33)19-37-23-15-9-12-21(16-23)30-25(32)17-36-22-13-7-4-8-14-22/h3-16,18H,2,17,19H2,1H3,(H,30,32)(H,31,33). The summed E-state index contributed by atoms with van der Waals surface area (Å²) in [6.45, 7) is 1.87. The van der Waals surface area contributed by atoms with Crippen LogP contribution in [0.15, 0.2) is 95.2 Å². The first-order chi connectivity index (χ1) is 18.5. The van der Waals surface area contributed by atoms with E-state index in [2.05, 4.69) is 10.6 Å². The van der Waals surface area contributed by atoms with E-state index in [0.29, 0.717) is 22.0 Å². The molecule has 3 aromatic carbocycles. The topological polar surface area (TPSA) is 93.7 Å². The van der Waals surface area contributed by atoms with Gasteiger partial charge in [-0.25, -0.2) is 4.79 Å². The number of amides is 2. The maximum Gasteiger partial charge on any atom is 0.341 e. The number of thioether (sulfide) groups is 1. The molecule has 0 aliphatic carbocycles. The number of thiophene rings is 1. The summed E-state index contributed by atoms with van der Waals surface area (Å²) in [4.78, 5) is 38.6. The van der Waals surface area contributed by atoms with Crippen molar-refractivity contribution in [3.8, 4) is 16.9 Å². The third kappa shape index (κ3) is 7.47. The highest BCUT2D eigenvalue weighted by Gasteiger charge is 2.22. The summed E-state index contributed by atoms with van der Waals surface area (Å²) < 4.78 is 10.7. The third-order valence-corrected chi connectivity index (χ3v) is 7.10. The van der Waals surface area contributed by atoms with Gasteiger partial charge in [-0.3, -0.25) is 9.59 Å². The molecule has 194 valence electrons. The fourth-order valence-electron chi connectivity index (χ4n) is 3.52. The second kappa shape index (κ2) is 13.5. The minimum Gasteiger partial charge on any atom is -0.484 e. The molecule has 4 aromatic rings. The number of esters is 1. The van der Waals surface area contributed by atoms with Crippen LogP contribution in [-0.4, -0.2) is 36.8 Å². The van der Waals surface area contributed by atoms with E-state index < -0.39 is 5.97 Å². The monoisotopic (exact) mass is 546 g/mol. The van der Waals surface area contributed by atoms with E-state index in [0.717, 1.165) is 16.0 Å². The Morgan fingerprint density at radius 2 is 1.61 bits per heavy atom. The Labute approximate surface area is 229 Å². The van der Waals surface area contributed by atoms with E-state index in [1.54, 1.807) is 37.3 Å². The summed E-state index contributed by atoms with van der Waals surface area (Å²) in [5, 5.41) is 7.96. The molecular formula is C29H26N2O5S2. The Bertz CT molecular complexity index is 1390. The van der Waals surface area contributed by atoms with Crippen LogP contribution < -0.4 is 15.4 Å². The maximum absolute atomic E-state index is 12.8. The number of benzene rings is 3. The normalized spacial score (nSPS) is 10.4. The van der Waals surface area contributed by atoms with Gasteiger partial charge >= 0.3 is 5.97 Å². The van der Waals surface area contributed by atoms with Crippen LogP contribution in [0.25, 0.3) is 11.1 Å². The number of para-hydroxylation sites is 1. The van der Waals surface area contributed by atoms with Crippen LogP contribution in [0.3, 0.4) is 0 Å². The third-order valence-electron chi connectivity index (χ3n) is 5.21. The number of hydrogen-bond donors (Lipinski definition) is 2. The van der Waals surface area contributed by atoms with Crippen LogP contribution in [-0.2, 0) is 14.3 Å². The Morgan fingerprint density at radius 1 is 0.868 bits per heavy atom. The zero-order chi connectivity index (χ0) is 26.7. The van der Waals surface area contributed by atoms with E-state index in [9.17, 15) is 14.4 Å². The lowest BCUT2D eigenvalue weighted by molar-refractivity contribution is -0.118. The van der Waals surface area contributed by atoms with Crippen molar-refractivity contribution in [2.45, 2.75) is 11.8 Å². The van der Waals surface area contributed by atoms with Gasteiger partial charge in [-0.1, -0.05) is 54.6 Å². The van der Waals surface area contributed by atoms with Gasteiger partial charge < -0.3 is 20.1 Å². The molecule has 0 aliphatic rings. The van der Waals surface area contributed by atoms with Crippen molar-refractivity contribution >= 4 is 51.6 Å². The lowest BCUT2D eigenvalue weighted by Gasteiger charge is -2.10. The van der Waals surface area contributed by atoms with Gasteiger partial charge in [-0.15, -0.1) is 23.1 Å². The van der Waals surface area contributed by atoms with Crippen LogP contribution in [0.1, 0.15) is 17.3 Å². The molecule has 0 fully saturated rings. The maximum atomic E-state index is 12.8. The van der Waals surface area contributed by atoms with Crippen molar-refractivity contribution in [3.63, 3.8) is 0 Å². The van der Waals surface area contributed by atoms with Gasteiger partial charge in [0.15, 0.2) is 6.61 Å². The number of rotatable bonds is 11. The van der Waals surface area contributed by atoms with Gasteiger partial charge in [0.05, 0.1) is 12.4 Å². The van der Waals surface area contributed by atoms with Gasteiger partial charge in [0.1, 0.15) is 16.3 Å². The Hall–Kier alpha value is -4.08. The molecule has 1 heterocycles. The molecule has 9 heteroatoms. The molecule has 1 aromatic heterocycles. The molecular weight excluding hydrogens is 520 g/mol. The number of carbonyl (C=O) groups is 3. The molecule has 4 rings (SSSR count). The summed E-state index contributed by atoms with van der Waals surface area (Å²) in [5.74, 6) is -0.282. The summed E-state index contributed by atoms with van der Waals surface area (Å²) in [7, 11) is 0. The number of anilines is 2. The minimum absolute atomic E-state index is 0.113. The molecule has 0 unspecified atom stereocenters. The van der Waals surface area contributed by atoms with Gasteiger partial charge in [-0.05, 0) is 42.8 Å². The number of ether oxygens (including phenoxy) is 2. The number of nitrogens with one attached hydrogen (secondary N) is 2. The molecule has 0 radical (unpaired) electrons. The van der Waals surface area contributed by atoms with Gasteiger partial charge in [0.25, 0.3) is 5.91 Å². The lowest BCUT2D eigenvalue weighted by Crippen LogP contribution is -2.20. The highest BCUT2D eigenvalue weighted by atomic mass is 32.2. The van der Waals surface area contributed by atoms with E-state index in [-0.39, 0.29) is 30.8 Å². The zero-order valence-electron chi connectivity index (χ0n) is 20.6. The highest BCUT2D eigenvalue weighted by Crippen LogP contribution is 2.36. The molecule has 0 atom stereocenters. The average Bonchev–Trinajstić information content (AvgIpc) is 3.36. The van der Waals surface area contributed by atoms with Crippen molar-refractivity contribution in [2.75, 3.05) is 29.6 Å². The van der Waals surface area contributed by atoms with Crippen LogP contribution in [0.2, 0.25) is 0 Å². The van der Waals surface area contributed by atoms with Gasteiger partial charge in [0, 0.05) is 21.5 Å². The fourth-order valence-corrected chi connectivity index (χ4v) is 5.25. The average molecular weight is 547 g/mol. The van der Waals surface area contributed by atoms with Crippen LogP contribution in [0.4, 0.5) is 10.7 Å². The SMILES string of the molecule is CCOC(=O)c1c(-c2ccccc2)csc1NC(=O)CSc1cccc(NC(=O)COc2ccccc2)c1. The van der Waals surface area contributed by atoms with Gasteiger partial charge in [0.2, 0.25) is 5.91 Å². The largest absolute Gasteiger partial charge is 0.484 e. The second-order valence-electron chi connectivity index (χ2n) is 7.95. The van der Waals surface area contributed by atoms with Crippen LogP contribution >= 0.6 is 23.1 Å². The molecule has 0 saturated carbocycles. The molecule has 7 nitrogen and oxygen atoms in total. The number of hydrogen-bond acceptors (Lipinski definition) is 7. The van der Waals surface area contributed by atoms with Crippen LogP contribution in [0.5, 0.6) is 5.75 Å². The summed E-state index contributed by atoms with van der Waals surface area (Å²) in [6, 6.07) is 25.8. The molecule has 0 saturated heterocycles. The highest BCUT2D eigenvalue weighted by molar-refractivity contribution is 8.00. The Morgan fingerprint density at radius 3 is 2.34 bits per heavy atom. The first-order valence-electron chi connectivity index (χ1n) is 11.9. The molecule has 2 N–H and O–H groups in total. The quantitative estimate of drug-likeness (QED) is 0.168. The fraction of sp³-hybridized carbons (Fsp3) is 0.138. The molecule has 0 spiro atoms. The van der Waals surface area contributed by atoms with Gasteiger partial charge in [-0.2, -0.15) is 0 Å². The predicted octanol–water partition coefficient (Wildman–Crippen LogP) is 6.34. The minimum atomic E-state index is -0.477. The van der Waals surface area contributed by atoms with E-state index in [1.807, 2.05) is 60.0 Å². The van der Waals surface area contributed by atoms with Crippen molar-refractivity contribution in [1.29, 1.82) is 0 Å². The van der Waals surface area contributed by atoms with E-state index >= 15 is 0 Å². The molecule has 0 bridgehead atoms. The van der Waals surface area contributed by atoms with Crippen LogP contribution in [0, 0.1) is 0 Å². The summed E-state index contributed by atoms with van der Waals surface area (Å²) in [6.07, 6.45) is 0. The molecule has 2 amide bonds. The van der Waals surface area contributed by atoms with Crippen molar-refractivity contribution < 1.29 is 23.9 Å². The van der Waals surface area contributed by atoms with Crippen molar-refractivity contribution in [1.82, 2.24) is 0 Å². The Kier molecular flexibility index (Phi) is 9.55. The first kappa shape index (κ1) is 27.0. The van der Waals surface area contributed by atoms with E-state index in [1.165, 1.54) is 23.1 Å². The van der Waals surface area contributed by atoms with E-state index in [4.69, 9.17) is 9.47 Å². The lowest BCUT2D eigenvalue weighted by atomic mass is 10.0. The smallest absolute Gasteiger partial charge is 0.341 e. The summed E-state index contributed by atoms with van der Waals surface area (Å²) in [5.41, 5.74) is 2.54. The summed E-state index contributed by atoms with van der Waals surface area (Å²) >= 11 is 2.61. The predicted molar refractivity (Wildman–Crippen MR) is 152 cm³/mol. The van der Waals surface area contributed by atoms with Crippen molar-refractivity contribution in [2.24, 2.45) is 0 Å². The second-order valence-corrected chi connectivity index (χ2v) is 9.88. The number of carbonyl (C=O) groups excluding carboxylic acids is 3. The van der Waals surface area contributed by atoms with Crippen molar-refractivity contribution in [3.05, 3.63) is 95.9 Å². The zero-order valence-corrected chi connectivity index (χ0v) is 22.3. The first-order valence-corrected chi connectivity index (χ1v) is 13.7. The Balaban J connectivity index is 1.35. The molecule has 38 heavy (non-hydrogen) atoms.